The van der Waals surface area contributed by atoms with E-state index in [1.165, 1.54) is 0 Å². The van der Waals surface area contributed by atoms with Crippen LogP contribution in [0.2, 0.25) is 5.02 Å². The number of rotatable bonds is 3. The molecule has 1 aromatic heterocycles. The van der Waals surface area contributed by atoms with Gasteiger partial charge in [0, 0.05) is 16.0 Å². The molecule has 2 aromatic carbocycles. The Morgan fingerprint density at radius 3 is 2.45 bits per heavy atom. The van der Waals surface area contributed by atoms with Crippen molar-refractivity contribution in [1.82, 2.24) is 9.97 Å². The largest absolute Gasteiger partial charge is 0.493 e. The summed E-state index contributed by atoms with van der Waals surface area (Å²) >= 11 is 6.02. The Bertz CT molecular complexity index is 852. The molecule has 2 N–H and O–H groups in total. The standard InChI is InChI=1S/C16H14ClN3O2/c1-21-13-6-3-9(7-14(13)22-2)16-19-12-8-10(17)4-5-11(12)15(18)20-16/h3-8H,1-2H3,(H2,18,19,20). The zero-order chi connectivity index (χ0) is 15.7. The van der Waals surface area contributed by atoms with Crippen molar-refractivity contribution in [3.63, 3.8) is 0 Å². The first-order valence-electron chi connectivity index (χ1n) is 6.57. The van der Waals surface area contributed by atoms with Crippen LogP contribution in [0.15, 0.2) is 36.4 Å². The van der Waals surface area contributed by atoms with E-state index in [1.54, 1.807) is 32.4 Å². The molecule has 0 radical (unpaired) electrons. The first-order valence-corrected chi connectivity index (χ1v) is 6.95. The SMILES string of the molecule is COc1ccc(-c2nc(N)c3ccc(Cl)cc3n2)cc1OC. The minimum Gasteiger partial charge on any atom is -0.493 e. The number of nitrogens with zero attached hydrogens (tertiary/aromatic N) is 2. The third-order valence-corrected chi connectivity index (χ3v) is 3.57. The number of ether oxygens (including phenoxy) is 2. The summed E-state index contributed by atoms with van der Waals surface area (Å²) in [6.07, 6.45) is 0. The first kappa shape index (κ1) is 14.4. The molecule has 3 rings (SSSR count). The quantitative estimate of drug-likeness (QED) is 0.800. The second-order valence-corrected chi connectivity index (χ2v) is 5.10. The van der Waals surface area contributed by atoms with Gasteiger partial charge in [0.05, 0.1) is 19.7 Å². The normalized spacial score (nSPS) is 10.7. The van der Waals surface area contributed by atoms with Crippen molar-refractivity contribution in [2.45, 2.75) is 0 Å². The van der Waals surface area contributed by atoms with Gasteiger partial charge < -0.3 is 15.2 Å². The lowest BCUT2D eigenvalue weighted by molar-refractivity contribution is 0.355. The molecule has 0 atom stereocenters. The number of nitrogen functional groups attached to an aromatic ring is 1. The van der Waals surface area contributed by atoms with Gasteiger partial charge in [0.25, 0.3) is 0 Å². The van der Waals surface area contributed by atoms with Crippen LogP contribution in [0.25, 0.3) is 22.3 Å². The highest BCUT2D eigenvalue weighted by Crippen LogP contribution is 2.32. The monoisotopic (exact) mass is 315 g/mol. The van der Waals surface area contributed by atoms with Gasteiger partial charge in [-0.3, -0.25) is 0 Å². The molecule has 0 fully saturated rings. The molecule has 0 aliphatic heterocycles. The molecule has 112 valence electrons. The number of halogens is 1. The Hall–Kier alpha value is -2.53. The Labute approximate surface area is 132 Å². The van der Waals surface area contributed by atoms with Crippen LogP contribution in [0.3, 0.4) is 0 Å². The zero-order valence-electron chi connectivity index (χ0n) is 12.1. The van der Waals surface area contributed by atoms with Gasteiger partial charge in [0.2, 0.25) is 0 Å². The molecule has 6 heteroatoms. The predicted octanol–water partition coefficient (Wildman–Crippen LogP) is 3.55. The predicted molar refractivity (Wildman–Crippen MR) is 87.5 cm³/mol. The van der Waals surface area contributed by atoms with E-state index in [9.17, 15) is 0 Å². The number of hydrogen-bond acceptors (Lipinski definition) is 5. The van der Waals surface area contributed by atoms with Crippen molar-refractivity contribution in [2.24, 2.45) is 0 Å². The average Bonchev–Trinajstić information content (AvgIpc) is 2.53. The van der Waals surface area contributed by atoms with Crippen molar-refractivity contribution in [1.29, 1.82) is 0 Å². The van der Waals surface area contributed by atoms with Gasteiger partial charge in [0.1, 0.15) is 5.82 Å². The molecule has 0 saturated heterocycles. The molecule has 22 heavy (non-hydrogen) atoms. The summed E-state index contributed by atoms with van der Waals surface area (Å²) in [6.45, 7) is 0. The molecule has 5 nitrogen and oxygen atoms in total. The van der Waals surface area contributed by atoms with E-state index in [-0.39, 0.29) is 0 Å². The number of hydrogen-bond donors (Lipinski definition) is 1. The van der Waals surface area contributed by atoms with Crippen LogP contribution in [0.5, 0.6) is 11.5 Å². The molecule has 3 aromatic rings. The van der Waals surface area contributed by atoms with Crippen LogP contribution in [0.1, 0.15) is 0 Å². The maximum Gasteiger partial charge on any atom is 0.162 e. The fourth-order valence-corrected chi connectivity index (χ4v) is 2.40. The van der Waals surface area contributed by atoms with Gasteiger partial charge in [0.15, 0.2) is 17.3 Å². The summed E-state index contributed by atoms with van der Waals surface area (Å²) < 4.78 is 10.5. The van der Waals surface area contributed by atoms with Crippen LogP contribution in [-0.2, 0) is 0 Å². The van der Waals surface area contributed by atoms with Crippen molar-refractivity contribution in [2.75, 3.05) is 20.0 Å². The van der Waals surface area contributed by atoms with E-state index in [0.29, 0.717) is 33.7 Å². The molecular weight excluding hydrogens is 302 g/mol. The minimum absolute atomic E-state index is 0.409. The van der Waals surface area contributed by atoms with Crippen LogP contribution in [0.4, 0.5) is 5.82 Å². The summed E-state index contributed by atoms with van der Waals surface area (Å²) in [6, 6.07) is 10.8. The average molecular weight is 316 g/mol. The van der Waals surface area contributed by atoms with Crippen molar-refractivity contribution >= 4 is 28.3 Å². The Morgan fingerprint density at radius 1 is 0.955 bits per heavy atom. The third-order valence-electron chi connectivity index (χ3n) is 3.33. The minimum atomic E-state index is 0.409. The van der Waals surface area contributed by atoms with E-state index in [2.05, 4.69) is 9.97 Å². The van der Waals surface area contributed by atoms with Crippen LogP contribution < -0.4 is 15.2 Å². The molecule has 0 unspecified atom stereocenters. The molecule has 0 bridgehead atoms. The van der Waals surface area contributed by atoms with Crippen LogP contribution in [0, 0.1) is 0 Å². The van der Waals surface area contributed by atoms with E-state index >= 15 is 0 Å². The van der Waals surface area contributed by atoms with Crippen molar-refractivity contribution in [3.05, 3.63) is 41.4 Å². The second-order valence-electron chi connectivity index (χ2n) is 4.66. The number of nitrogens with two attached hydrogens (primary N) is 1. The summed E-state index contributed by atoms with van der Waals surface area (Å²) in [4.78, 5) is 8.89. The van der Waals surface area contributed by atoms with E-state index in [4.69, 9.17) is 26.8 Å². The van der Waals surface area contributed by atoms with E-state index < -0.39 is 0 Å². The molecule has 0 aliphatic carbocycles. The summed E-state index contributed by atoms with van der Waals surface area (Å²) in [5.41, 5.74) is 7.50. The van der Waals surface area contributed by atoms with Gasteiger partial charge in [-0.25, -0.2) is 9.97 Å². The second kappa shape index (κ2) is 5.69. The summed E-state index contributed by atoms with van der Waals surface area (Å²) in [7, 11) is 3.17. The van der Waals surface area contributed by atoms with Gasteiger partial charge in [-0.1, -0.05) is 11.6 Å². The maximum atomic E-state index is 6.02. The number of methoxy groups -OCH3 is 2. The lowest BCUT2D eigenvalue weighted by atomic mass is 10.1. The lowest BCUT2D eigenvalue weighted by Gasteiger charge is -2.10. The zero-order valence-corrected chi connectivity index (χ0v) is 12.9. The molecule has 0 amide bonds. The Kier molecular flexibility index (Phi) is 3.73. The number of aromatic nitrogens is 2. The molecule has 1 heterocycles. The smallest absolute Gasteiger partial charge is 0.162 e. The summed E-state index contributed by atoms with van der Waals surface area (Å²) in [5.74, 6) is 2.16. The molecule has 0 aliphatic rings. The number of benzene rings is 2. The lowest BCUT2D eigenvalue weighted by Crippen LogP contribution is -1.98. The highest BCUT2D eigenvalue weighted by molar-refractivity contribution is 6.31. The fraction of sp³-hybridized carbons (Fsp3) is 0.125. The third kappa shape index (κ3) is 2.51. The van der Waals surface area contributed by atoms with Crippen molar-refractivity contribution < 1.29 is 9.47 Å². The van der Waals surface area contributed by atoms with Gasteiger partial charge in [-0.05, 0) is 36.4 Å². The van der Waals surface area contributed by atoms with Crippen molar-refractivity contribution in [3.8, 4) is 22.9 Å². The fourth-order valence-electron chi connectivity index (χ4n) is 2.23. The highest BCUT2D eigenvalue weighted by Gasteiger charge is 2.11. The van der Waals surface area contributed by atoms with Gasteiger partial charge in [-0.15, -0.1) is 0 Å². The highest BCUT2D eigenvalue weighted by atomic mass is 35.5. The van der Waals surface area contributed by atoms with Gasteiger partial charge >= 0.3 is 0 Å². The topological polar surface area (TPSA) is 70.3 Å². The van der Waals surface area contributed by atoms with E-state index in [1.807, 2.05) is 18.2 Å². The molecule has 0 saturated carbocycles. The Balaban J connectivity index is 2.17. The van der Waals surface area contributed by atoms with Gasteiger partial charge in [-0.2, -0.15) is 0 Å². The number of fused-ring (bicyclic) bond motifs is 1. The van der Waals surface area contributed by atoms with Crippen LogP contribution in [-0.4, -0.2) is 24.2 Å². The van der Waals surface area contributed by atoms with Crippen LogP contribution >= 0.6 is 11.6 Å². The van der Waals surface area contributed by atoms with E-state index in [0.717, 1.165) is 10.9 Å². The first-order chi connectivity index (χ1) is 10.6. The maximum absolute atomic E-state index is 6.02. The summed E-state index contributed by atoms with van der Waals surface area (Å²) in [5, 5.41) is 1.37. The molecule has 0 spiro atoms. The number of anilines is 1. The molecular formula is C16H14ClN3O2. The Morgan fingerprint density at radius 2 is 1.73 bits per heavy atom.